The lowest BCUT2D eigenvalue weighted by atomic mass is 9.90. The standard InChI is InChI=1S/C15H21NO4/c1-19-13-9-12(15(17)18)8-11(14(13)20-2)7-10-3-5-16-6-4-10/h8-10,16H,3-7H2,1-2H3,(H,17,18). The molecule has 1 fully saturated rings. The highest BCUT2D eigenvalue weighted by Crippen LogP contribution is 2.35. The van der Waals surface area contributed by atoms with Crippen molar-refractivity contribution in [1.82, 2.24) is 5.32 Å². The van der Waals surface area contributed by atoms with Gasteiger partial charge in [-0.1, -0.05) is 0 Å². The molecule has 2 N–H and O–H groups in total. The topological polar surface area (TPSA) is 67.8 Å². The summed E-state index contributed by atoms with van der Waals surface area (Å²) in [7, 11) is 3.11. The monoisotopic (exact) mass is 279 g/mol. The molecule has 1 saturated heterocycles. The van der Waals surface area contributed by atoms with Crippen LogP contribution < -0.4 is 14.8 Å². The SMILES string of the molecule is COc1cc(C(=O)O)cc(CC2CCNCC2)c1OC. The van der Waals surface area contributed by atoms with Crippen LogP contribution >= 0.6 is 0 Å². The molecule has 0 aromatic heterocycles. The van der Waals surface area contributed by atoms with Gasteiger partial charge in [0.2, 0.25) is 0 Å². The summed E-state index contributed by atoms with van der Waals surface area (Å²) < 4.78 is 10.7. The number of carboxylic acids is 1. The van der Waals surface area contributed by atoms with Gasteiger partial charge in [-0.25, -0.2) is 4.79 Å². The second-order valence-corrected chi connectivity index (χ2v) is 5.07. The van der Waals surface area contributed by atoms with E-state index >= 15 is 0 Å². The fourth-order valence-corrected chi connectivity index (χ4v) is 2.72. The van der Waals surface area contributed by atoms with Gasteiger partial charge < -0.3 is 19.9 Å². The number of benzene rings is 1. The van der Waals surface area contributed by atoms with E-state index in [1.807, 2.05) is 0 Å². The molecule has 1 aliphatic rings. The van der Waals surface area contributed by atoms with Crippen LogP contribution in [0.4, 0.5) is 0 Å². The van der Waals surface area contributed by atoms with Gasteiger partial charge in [0.05, 0.1) is 19.8 Å². The Hall–Kier alpha value is -1.75. The minimum absolute atomic E-state index is 0.242. The van der Waals surface area contributed by atoms with Crippen molar-refractivity contribution < 1.29 is 19.4 Å². The van der Waals surface area contributed by atoms with Crippen molar-refractivity contribution in [1.29, 1.82) is 0 Å². The van der Waals surface area contributed by atoms with Crippen molar-refractivity contribution in [2.75, 3.05) is 27.3 Å². The summed E-state index contributed by atoms with van der Waals surface area (Å²) in [6, 6.07) is 3.21. The maximum Gasteiger partial charge on any atom is 0.335 e. The molecule has 20 heavy (non-hydrogen) atoms. The van der Waals surface area contributed by atoms with Gasteiger partial charge in [-0.3, -0.25) is 0 Å². The van der Waals surface area contributed by atoms with Gasteiger partial charge in [0, 0.05) is 0 Å². The average Bonchev–Trinajstić information content (AvgIpc) is 2.47. The first-order chi connectivity index (χ1) is 9.65. The van der Waals surface area contributed by atoms with E-state index in [1.54, 1.807) is 13.2 Å². The van der Waals surface area contributed by atoms with E-state index in [9.17, 15) is 9.90 Å². The number of piperidine rings is 1. The van der Waals surface area contributed by atoms with Crippen LogP contribution in [0.1, 0.15) is 28.8 Å². The number of carbonyl (C=O) groups is 1. The van der Waals surface area contributed by atoms with Gasteiger partial charge >= 0.3 is 5.97 Å². The maximum absolute atomic E-state index is 11.2. The second-order valence-electron chi connectivity index (χ2n) is 5.07. The van der Waals surface area contributed by atoms with Crippen LogP contribution in [-0.4, -0.2) is 38.4 Å². The summed E-state index contributed by atoms with van der Waals surface area (Å²) in [5.74, 6) is 0.740. The predicted octanol–water partition coefficient (Wildman–Crippen LogP) is 1.94. The molecule has 0 atom stereocenters. The van der Waals surface area contributed by atoms with Gasteiger partial charge in [-0.15, -0.1) is 0 Å². The van der Waals surface area contributed by atoms with Gasteiger partial charge in [0.15, 0.2) is 11.5 Å². The average molecular weight is 279 g/mol. The molecule has 0 saturated carbocycles. The van der Waals surface area contributed by atoms with Gasteiger partial charge in [-0.05, 0) is 56.0 Å². The Bertz CT molecular complexity index is 481. The van der Waals surface area contributed by atoms with E-state index in [0.29, 0.717) is 17.4 Å². The molecule has 1 aromatic carbocycles. The lowest BCUT2D eigenvalue weighted by Gasteiger charge is -2.24. The van der Waals surface area contributed by atoms with Gasteiger partial charge in [0.25, 0.3) is 0 Å². The first-order valence-electron chi connectivity index (χ1n) is 6.84. The molecule has 0 bridgehead atoms. The maximum atomic E-state index is 11.2. The number of nitrogens with one attached hydrogen (secondary N) is 1. The zero-order valence-corrected chi connectivity index (χ0v) is 11.9. The number of hydrogen-bond donors (Lipinski definition) is 2. The highest BCUT2D eigenvalue weighted by atomic mass is 16.5. The summed E-state index contributed by atoms with van der Waals surface area (Å²) in [5.41, 5.74) is 1.16. The van der Waals surface area contributed by atoms with Crippen molar-refractivity contribution in [2.24, 2.45) is 5.92 Å². The minimum Gasteiger partial charge on any atom is -0.493 e. The van der Waals surface area contributed by atoms with E-state index in [1.165, 1.54) is 13.2 Å². The summed E-state index contributed by atoms with van der Waals surface area (Å²) in [5, 5.41) is 12.5. The molecule has 2 rings (SSSR count). The van der Waals surface area contributed by atoms with Gasteiger partial charge in [0.1, 0.15) is 0 Å². The van der Waals surface area contributed by atoms with Crippen LogP contribution in [0.3, 0.4) is 0 Å². The Morgan fingerprint density at radius 3 is 2.55 bits per heavy atom. The smallest absolute Gasteiger partial charge is 0.335 e. The fourth-order valence-electron chi connectivity index (χ4n) is 2.72. The lowest BCUT2D eigenvalue weighted by Crippen LogP contribution is -2.28. The second kappa shape index (κ2) is 6.61. The molecule has 0 unspecified atom stereocenters. The third-order valence-corrected chi connectivity index (χ3v) is 3.77. The highest BCUT2D eigenvalue weighted by Gasteiger charge is 2.20. The largest absolute Gasteiger partial charge is 0.493 e. The summed E-state index contributed by atoms with van der Waals surface area (Å²) in [6.07, 6.45) is 3.02. The summed E-state index contributed by atoms with van der Waals surface area (Å²) in [4.78, 5) is 11.2. The van der Waals surface area contributed by atoms with Crippen molar-refractivity contribution in [3.05, 3.63) is 23.3 Å². The third-order valence-electron chi connectivity index (χ3n) is 3.77. The molecule has 0 radical (unpaired) electrons. The molecular formula is C15H21NO4. The lowest BCUT2D eigenvalue weighted by molar-refractivity contribution is 0.0696. The van der Waals surface area contributed by atoms with Crippen LogP contribution in [0.5, 0.6) is 11.5 Å². The van der Waals surface area contributed by atoms with Crippen LogP contribution in [0.25, 0.3) is 0 Å². The van der Waals surface area contributed by atoms with E-state index < -0.39 is 5.97 Å². The Morgan fingerprint density at radius 2 is 2.00 bits per heavy atom. The van der Waals surface area contributed by atoms with Crippen molar-refractivity contribution in [2.45, 2.75) is 19.3 Å². The molecular weight excluding hydrogens is 258 g/mol. The molecule has 1 heterocycles. The fraction of sp³-hybridized carbons (Fsp3) is 0.533. The number of carboxylic acid groups (broad SMARTS) is 1. The summed E-state index contributed by atoms with van der Waals surface area (Å²) in [6.45, 7) is 2.03. The number of rotatable bonds is 5. The molecule has 0 spiro atoms. The summed E-state index contributed by atoms with van der Waals surface area (Å²) >= 11 is 0. The van der Waals surface area contributed by atoms with Crippen LogP contribution in [0.2, 0.25) is 0 Å². The third kappa shape index (κ3) is 3.22. The Morgan fingerprint density at radius 1 is 1.30 bits per heavy atom. The van der Waals surface area contributed by atoms with E-state index in [0.717, 1.165) is 37.9 Å². The zero-order chi connectivity index (χ0) is 14.5. The molecule has 110 valence electrons. The van der Waals surface area contributed by atoms with Crippen LogP contribution in [0.15, 0.2) is 12.1 Å². The Balaban J connectivity index is 2.32. The number of hydrogen-bond acceptors (Lipinski definition) is 4. The number of aromatic carboxylic acids is 1. The Kier molecular flexibility index (Phi) is 4.84. The van der Waals surface area contributed by atoms with Crippen LogP contribution in [0, 0.1) is 5.92 Å². The van der Waals surface area contributed by atoms with Crippen molar-refractivity contribution in [3.8, 4) is 11.5 Å². The first-order valence-corrected chi connectivity index (χ1v) is 6.84. The van der Waals surface area contributed by atoms with E-state index in [4.69, 9.17) is 9.47 Å². The van der Waals surface area contributed by atoms with Crippen LogP contribution in [-0.2, 0) is 6.42 Å². The quantitative estimate of drug-likeness (QED) is 0.862. The molecule has 0 aliphatic carbocycles. The van der Waals surface area contributed by atoms with Gasteiger partial charge in [-0.2, -0.15) is 0 Å². The van der Waals surface area contributed by atoms with E-state index in [-0.39, 0.29) is 5.56 Å². The highest BCUT2D eigenvalue weighted by molar-refractivity contribution is 5.89. The molecule has 5 heteroatoms. The molecule has 5 nitrogen and oxygen atoms in total. The Labute approximate surface area is 118 Å². The first kappa shape index (κ1) is 14.7. The van der Waals surface area contributed by atoms with E-state index in [2.05, 4.69) is 5.32 Å². The number of ether oxygens (including phenoxy) is 2. The zero-order valence-electron chi connectivity index (χ0n) is 11.9. The van der Waals surface area contributed by atoms with Crippen molar-refractivity contribution >= 4 is 5.97 Å². The number of methoxy groups -OCH3 is 2. The molecule has 1 aliphatic heterocycles. The minimum atomic E-state index is -0.947. The normalized spacial score (nSPS) is 15.9. The predicted molar refractivity (Wildman–Crippen MR) is 75.8 cm³/mol. The molecule has 0 amide bonds. The van der Waals surface area contributed by atoms with Crippen molar-refractivity contribution in [3.63, 3.8) is 0 Å². The molecule has 1 aromatic rings.